The largest absolute Gasteiger partial charge is 0.497 e. The second-order valence-electron chi connectivity index (χ2n) is 9.10. The fraction of sp³-hybridized carbons (Fsp3) is 0.556. The van der Waals surface area contributed by atoms with E-state index in [1.54, 1.807) is 7.11 Å². The highest BCUT2D eigenvalue weighted by atomic mass is 16.5. The normalized spacial score (nSPS) is 23.0. The molecule has 1 aliphatic carbocycles. The number of ether oxygens (including phenoxy) is 2. The summed E-state index contributed by atoms with van der Waals surface area (Å²) in [6.45, 7) is 2.20. The highest BCUT2D eigenvalue weighted by molar-refractivity contribution is 5.51. The molecular weight excluding hydrogens is 388 g/mol. The monoisotopic (exact) mass is 424 g/mol. The maximum Gasteiger partial charge on any atom is 0.118 e. The van der Waals surface area contributed by atoms with Crippen molar-refractivity contribution >= 4 is 0 Å². The summed E-state index contributed by atoms with van der Waals surface area (Å²) < 4.78 is 11.6. The van der Waals surface area contributed by atoms with Crippen molar-refractivity contribution in [2.24, 2.45) is 0 Å². The average molecular weight is 425 g/mol. The lowest BCUT2D eigenvalue weighted by Crippen LogP contribution is -2.34. The second kappa shape index (κ2) is 10.2. The van der Waals surface area contributed by atoms with Crippen LogP contribution in [0.2, 0.25) is 0 Å². The SMILES string of the molecule is CCCCc1c(C2CC(O)CC(CO)O2)cc(Cc2ccc(OC)cc2)c2c1CCC2. The molecule has 0 amide bonds. The minimum atomic E-state index is -0.423. The highest BCUT2D eigenvalue weighted by Gasteiger charge is 2.32. The zero-order chi connectivity index (χ0) is 21.8. The van der Waals surface area contributed by atoms with Gasteiger partial charge in [0.25, 0.3) is 0 Å². The van der Waals surface area contributed by atoms with Gasteiger partial charge in [-0.25, -0.2) is 0 Å². The molecule has 2 aliphatic rings. The Hall–Kier alpha value is -1.88. The van der Waals surface area contributed by atoms with E-state index in [2.05, 4.69) is 25.1 Å². The van der Waals surface area contributed by atoms with Crippen molar-refractivity contribution in [3.63, 3.8) is 0 Å². The Kier molecular flexibility index (Phi) is 7.31. The number of fused-ring (bicyclic) bond motifs is 1. The molecule has 0 radical (unpaired) electrons. The fourth-order valence-corrected chi connectivity index (χ4v) is 5.33. The van der Waals surface area contributed by atoms with E-state index in [4.69, 9.17) is 9.47 Å². The Morgan fingerprint density at radius 1 is 1.10 bits per heavy atom. The maximum absolute atomic E-state index is 10.5. The first-order chi connectivity index (χ1) is 15.1. The van der Waals surface area contributed by atoms with Gasteiger partial charge in [0, 0.05) is 12.8 Å². The van der Waals surface area contributed by atoms with Crippen LogP contribution in [0.3, 0.4) is 0 Å². The van der Waals surface area contributed by atoms with Crippen molar-refractivity contribution in [1.29, 1.82) is 0 Å². The number of hydrogen-bond donors (Lipinski definition) is 2. The van der Waals surface area contributed by atoms with E-state index in [0.29, 0.717) is 12.8 Å². The Labute approximate surface area is 186 Å². The van der Waals surface area contributed by atoms with Crippen LogP contribution in [-0.2, 0) is 30.4 Å². The molecule has 168 valence electrons. The molecule has 2 aromatic carbocycles. The van der Waals surface area contributed by atoms with Gasteiger partial charge < -0.3 is 19.7 Å². The van der Waals surface area contributed by atoms with Gasteiger partial charge in [-0.05, 0) is 84.0 Å². The predicted molar refractivity (Wildman–Crippen MR) is 123 cm³/mol. The van der Waals surface area contributed by atoms with E-state index in [1.807, 2.05) is 12.1 Å². The summed E-state index contributed by atoms with van der Waals surface area (Å²) in [4.78, 5) is 0. The van der Waals surface area contributed by atoms with Crippen LogP contribution < -0.4 is 4.74 Å². The van der Waals surface area contributed by atoms with Crippen LogP contribution in [0, 0.1) is 0 Å². The fourth-order valence-electron chi connectivity index (χ4n) is 5.33. The van der Waals surface area contributed by atoms with E-state index < -0.39 is 6.10 Å². The Morgan fingerprint density at radius 3 is 2.58 bits per heavy atom. The molecule has 4 nitrogen and oxygen atoms in total. The van der Waals surface area contributed by atoms with E-state index in [1.165, 1.54) is 39.8 Å². The van der Waals surface area contributed by atoms with Gasteiger partial charge in [-0.3, -0.25) is 0 Å². The third kappa shape index (κ3) is 4.97. The van der Waals surface area contributed by atoms with Crippen molar-refractivity contribution in [1.82, 2.24) is 0 Å². The smallest absolute Gasteiger partial charge is 0.118 e. The summed E-state index contributed by atoms with van der Waals surface area (Å²) in [5.41, 5.74) is 8.41. The molecule has 2 aromatic rings. The van der Waals surface area contributed by atoms with Gasteiger partial charge >= 0.3 is 0 Å². The summed E-state index contributed by atoms with van der Waals surface area (Å²) in [5, 5.41) is 20.1. The third-order valence-corrected chi connectivity index (χ3v) is 6.91. The van der Waals surface area contributed by atoms with Gasteiger partial charge in [-0.15, -0.1) is 0 Å². The Balaban J connectivity index is 1.73. The zero-order valence-corrected chi connectivity index (χ0v) is 18.9. The summed E-state index contributed by atoms with van der Waals surface area (Å²) in [6, 6.07) is 10.7. The predicted octanol–water partition coefficient (Wildman–Crippen LogP) is 4.69. The number of aliphatic hydroxyl groups excluding tert-OH is 2. The van der Waals surface area contributed by atoms with Crippen molar-refractivity contribution < 1.29 is 19.7 Å². The first kappa shape index (κ1) is 22.3. The molecule has 1 aliphatic heterocycles. The van der Waals surface area contributed by atoms with Crippen LogP contribution >= 0.6 is 0 Å². The molecule has 1 heterocycles. The molecule has 3 atom stereocenters. The first-order valence-electron chi connectivity index (χ1n) is 11.9. The van der Waals surface area contributed by atoms with E-state index >= 15 is 0 Å². The highest BCUT2D eigenvalue weighted by Crippen LogP contribution is 2.40. The van der Waals surface area contributed by atoms with Crippen LogP contribution in [0.1, 0.15) is 78.5 Å². The van der Waals surface area contributed by atoms with Crippen molar-refractivity contribution in [2.45, 2.75) is 83.0 Å². The van der Waals surface area contributed by atoms with Gasteiger partial charge in [-0.2, -0.15) is 0 Å². The Bertz CT molecular complexity index is 874. The lowest BCUT2D eigenvalue weighted by atomic mass is 9.84. The molecular formula is C27H36O4. The van der Waals surface area contributed by atoms with Crippen LogP contribution in [-0.4, -0.2) is 36.1 Å². The van der Waals surface area contributed by atoms with Crippen molar-refractivity contribution in [2.75, 3.05) is 13.7 Å². The summed E-state index contributed by atoms with van der Waals surface area (Å²) in [6.07, 6.45) is 8.05. The minimum absolute atomic E-state index is 0.0402. The number of benzene rings is 2. The quantitative estimate of drug-likeness (QED) is 0.645. The summed E-state index contributed by atoms with van der Waals surface area (Å²) in [7, 11) is 1.70. The summed E-state index contributed by atoms with van der Waals surface area (Å²) >= 11 is 0. The van der Waals surface area contributed by atoms with E-state index in [9.17, 15) is 10.2 Å². The number of aliphatic hydroxyl groups is 2. The van der Waals surface area contributed by atoms with Gasteiger partial charge in [-0.1, -0.05) is 31.5 Å². The topological polar surface area (TPSA) is 58.9 Å². The molecule has 1 fully saturated rings. The number of unbranched alkanes of at least 4 members (excludes halogenated alkanes) is 1. The van der Waals surface area contributed by atoms with Gasteiger partial charge in [0.2, 0.25) is 0 Å². The van der Waals surface area contributed by atoms with Gasteiger partial charge in [0.1, 0.15) is 5.75 Å². The van der Waals surface area contributed by atoms with E-state index in [0.717, 1.165) is 44.3 Å². The summed E-state index contributed by atoms with van der Waals surface area (Å²) in [5.74, 6) is 0.879. The molecule has 0 bridgehead atoms. The molecule has 4 heteroatoms. The van der Waals surface area contributed by atoms with Crippen LogP contribution in [0.5, 0.6) is 5.75 Å². The minimum Gasteiger partial charge on any atom is -0.497 e. The molecule has 3 unspecified atom stereocenters. The van der Waals surface area contributed by atoms with Crippen LogP contribution in [0.15, 0.2) is 30.3 Å². The third-order valence-electron chi connectivity index (χ3n) is 6.91. The van der Waals surface area contributed by atoms with Gasteiger partial charge in [0.05, 0.1) is 32.0 Å². The Morgan fingerprint density at radius 2 is 1.87 bits per heavy atom. The van der Waals surface area contributed by atoms with Gasteiger partial charge in [0.15, 0.2) is 0 Å². The van der Waals surface area contributed by atoms with E-state index in [-0.39, 0.29) is 18.8 Å². The molecule has 2 N–H and O–H groups in total. The average Bonchev–Trinajstić information content (AvgIpc) is 3.28. The lowest BCUT2D eigenvalue weighted by Gasteiger charge is -2.34. The van der Waals surface area contributed by atoms with Crippen LogP contribution in [0.25, 0.3) is 0 Å². The lowest BCUT2D eigenvalue weighted by molar-refractivity contribution is -0.114. The molecule has 0 spiro atoms. The molecule has 4 rings (SSSR count). The first-order valence-corrected chi connectivity index (χ1v) is 11.9. The van der Waals surface area contributed by atoms with Crippen LogP contribution in [0.4, 0.5) is 0 Å². The van der Waals surface area contributed by atoms with Crippen molar-refractivity contribution in [3.05, 3.63) is 63.7 Å². The number of rotatable bonds is 8. The molecule has 1 saturated heterocycles. The zero-order valence-electron chi connectivity index (χ0n) is 18.9. The maximum atomic E-state index is 10.5. The number of methoxy groups -OCH3 is 1. The number of hydrogen-bond acceptors (Lipinski definition) is 4. The molecule has 0 aromatic heterocycles. The van der Waals surface area contributed by atoms with Crippen molar-refractivity contribution in [3.8, 4) is 5.75 Å². The molecule has 0 saturated carbocycles. The second-order valence-corrected chi connectivity index (χ2v) is 9.10. The standard InChI is InChI=1S/C27H36O4/c1-3-4-6-25-24-8-5-7-23(24)19(13-18-9-11-21(30-2)12-10-18)14-26(25)27-16-20(29)15-22(17-28)31-27/h9-12,14,20,22,27-29H,3-8,13,15-17H2,1-2H3. The molecule has 31 heavy (non-hydrogen) atoms.